The third-order valence-electron chi connectivity index (χ3n) is 4.33. The maximum absolute atomic E-state index is 12.7. The molecule has 0 saturated heterocycles. The second kappa shape index (κ2) is 11.1. The molecule has 2 aromatic rings. The van der Waals surface area contributed by atoms with Crippen molar-refractivity contribution < 1.29 is 19.4 Å². The van der Waals surface area contributed by atoms with Crippen LogP contribution in [-0.2, 0) is 9.53 Å². The summed E-state index contributed by atoms with van der Waals surface area (Å²) in [7, 11) is 0. The summed E-state index contributed by atoms with van der Waals surface area (Å²) < 4.78 is 5.06. The van der Waals surface area contributed by atoms with Gasteiger partial charge in [-0.2, -0.15) is 0 Å². The topological polar surface area (TPSA) is 166 Å². The fourth-order valence-corrected chi connectivity index (χ4v) is 2.92. The number of rotatable bonds is 10. The first-order chi connectivity index (χ1) is 15.3. The van der Waals surface area contributed by atoms with Crippen LogP contribution in [0.2, 0.25) is 0 Å². The number of ether oxygens (including phenoxy) is 1. The van der Waals surface area contributed by atoms with E-state index in [4.69, 9.17) is 4.74 Å². The van der Waals surface area contributed by atoms with E-state index < -0.39 is 21.9 Å². The van der Waals surface area contributed by atoms with Crippen molar-refractivity contribution >= 4 is 23.6 Å². The number of aliphatic imine (C=N–C) groups is 1. The highest BCUT2D eigenvalue weighted by Crippen LogP contribution is 2.32. The molecule has 166 valence electrons. The minimum Gasteiger partial charge on any atom is -0.463 e. The standard InChI is InChI=1S/C20H19N5O7/c1-3-32-20(26)18(13(2)21-12-14-8-4-6-10-16(14)24(28)29)19(22-23-27)15-9-5-7-11-17(15)25(30)31/h4-12,19H,3H2,1-2H3,(H,22,27)/b18-13-,21-12?. The highest BCUT2D eigenvalue weighted by atomic mass is 16.6. The number of nitrogens with one attached hydrogen (secondary N) is 1. The predicted octanol–water partition coefficient (Wildman–Crippen LogP) is 3.77. The van der Waals surface area contributed by atoms with Crippen LogP contribution in [0.1, 0.15) is 31.0 Å². The lowest BCUT2D eigenvalue weighted by Gasteiger charge is -2.19. The average Bonchev–Trinajstić information content (AvgIpc) is 2.77. The fraction of sp³-hybridized carbons (Fsp3) is 0.200. The van der Waals surface area contributed by atoms with E-state index >= 15 is 0 Å². The normalized spacial score (nSPS) is 12.6. The Morgan fingerprint density at radius 1 is 1.09 bits per heavy atom. The lowest BCUT2D eigenvalue weighted by molar-refractivity contribution is -0.385. The molecule has 2 rings (SSSR count). The van der Waals surface area contributed by atoms with Crippen LogP contribution in [0.5, 0.6) is 0 Å². The van der Waals surface area contributed by atoms with Crippen LogP contribution in [0.15, 0.2) is 70.1 Å². The maximum atomic E-state index is 12.7. The number of hydrogen-bond donors (Lipinski definition) is 1. The Hall–Kier alpha value is -4.48. The number of esters is 1. The molecule has 0 bridgehead atoms. The Morgan fingerprint density at radius 2 is 1.69 bits per heavy atom. The summed E-state index contributed by atoms with van der Waals surface area (Å²) in [6.07, 6.45) is 1.18. The van der Waals surface area contributed by atoms with Crippen LogP contribution in [0.3, 0.4) is 0 Å². The number of carbonyl (C=O) groups excluding carboxylic acids is 1. The highest BCUT2D eigenvalue weighted by Gasteiger charge is 2.31. The molecule has 12 heteroatoms. The van der Waals surface area contributed by atoms with E-state index in [0.717, 1.165) is 0 Å². The first-order valence-electron chi connectivity index (χ1n) is 9.28. The first kappa shape index (κ1) is 23.8. The summed E-state index contributed by atoms with van der Waals surface area (Å²) in [6.45, 7) is 2.96. The Balaban J connectivity index is 2.67. The van der Waals surface area contributed by atoms with Gasteiger partial charge in [0, 0.05) is 18.3 Å². The number of nitro benzene ring substituents is 2. The monoisotopic (exact) mass is 441 g/mol. The third-order valence-corrected chi connectivity index (χ3v) is 4.33. The van der Waals surface area contributed by atoms with Gasteiger partial charge in [-0.05, 0) is 26.0 Å². The van der Waals surface area contributed by atoms with Gasteiger partial charge < -0.3 is 4.74 Å². The zero-order valence-electron chi connectivity index (χ0n) is 17.1. The van der Waals surface area contributed by atoms with Gasteiger partial charge in [-0.15, -0.1) is 4.91 Å². The molecule has 0 aliphatic heterocycles. The second-order valence-electron chi connectivity index (χ2n) is 6.26. The molecule has 0 radical (unpaired) electrons. The van der Waals surface area contributed by atoms with E-state index in [9.17, 15) is 29.9 Å². The molecule has 0 spiro atoms. The molecular weight excluding hydrogens is 422 g/mol. The smallest absolute Gasteiger partial charge is 0.338 e. The highest BCUT2D eigenvalue weighted by molar-refractivity contribution is 5.92. The van der Waals surface area contributed by atoms with Crippen LogP contribution in [-0.4, -0.2) is 28.6 Å². The molecule has 2 aromatic carbocycles. The Labute approximate surface area is 181 Å². The van der Waals surface area contributed by atoms with Crippen LogP contribution in [0, 0.1) is 25.1 Å². The molecule has 0 fully saturated rings. The van der Waals surface area contributed by atoms with E-state index in [2.05, 4.69) is 15.7 Å². The summed E-state index contributed by atoms with van der Waals surface area (Å²) in [5.41, 5.74) is 1.57. The lowest BCUT2D eigenvalue weighted by Crippen LogP contribution is -2.25. The number of hydrogen-bond acceptors (Lipinski definition) is 9. The van der Waals surface area contributed by atoms with Crippen LogP contribution < -0.4 is 5.43 Å². The molecule has 1 atom stereocenters. The minimum absolute atomic E-state index is 0.0123. The minimum atomic E-state index is -1.35. The van der Waals surface area contributed by atoms with Gasteiger partial charge in [0.1, 0.15) is 6.04 Å². The molecule has 1 N–H and O–H groups in total. The van der Waals surface area contributed by atoms with Crippen molar-refractivity contribution in [1.82, 2.24) is 5.43 Å². The summed E-state index contributed by atoms with van der Waals surface area (Å²) in [6, 6.07) is 9.97. The van der Waals surface area contributed by atoms with E-state index in [-0.39, 0.29) is 40.4 Å². The number of benzene rings is 2. The summed E-state index contributed by atoms with van der Waals surface area (Å²) in [5, 5.41) is 25.3. The van der Waals surface area contributed by atoms with Crippen molar-refractivity contribution in [3.05, 3.63) is 96.1 Å². The molecule has 1 unspecified atom stereocenters. The molecular formula is C20H19N5O7. The Kier molecular flexibility index (Phi) is 8.22. The number of nitroso groups, excluding NO2 is 1. The van der Waals surface area contributed by atoms with Gasteiger partial charge in [-0.25, -0.2) is 4.79 Å². The van der Waals surface area contributed by atoms with Crippen molar-refractivity contribution in [3.8, 4) is 0 Å². The number of allylic oxidation sites excluding steroid dienone is 1. The number of carbonyl (C=O) groups is 1. The number of nitrogens with zero attached hydrogens (tertiary/aromatic N) is 4. The Morgan fingerprint density at radius 3 is 2.28 bits per heavy atom. The SMILES string of the molecule is CCOC(=O)/C(=C(/C)N=Cc1ccccc1[N+](=O)[O-])C(NN=O)c1ccccc1[N+](=O)[O-]. The van der Waals surface area contributed by atoms with Crippen molar-refractivity contribution in [3.63, 3.8) is 0 Å². The van der Waals surface area contributed by atoms with Gasteiger partial charge >= 0.3 is 5.97 Å². The molecule has 32 heavy (non-hydrogen) atoms. The molecule has 0 aliphatic carbocycles. The van der Waals surface area contributed by atoms with Crippen molar-refractivity contribution in [2.45, 2.75) is 19.9 Å². The van der Waals surface area contributed by atoms with Crippen molar-refractivity contribution in [2.75, 3.05) is 6.61 Å². The van der Waals surface area contributed by atoms with E-state index in [1.807, 2.05) is 0 Å². The van der Waals surface area contributed by atoms with Gasteiger partial charge in [0.15, 0.2) is 0 Å². The molecule has 0 heterocycles. The van der Waals surface area contributed by atoms with Crippen LogP contribution in [0.25, 0.3) is 0 Å². The maximum Gasteiger partial charge on any atom is 0.338 e. The van der Waals surface area contributed by atoms with Crippen molar-refractivity contribution in [2.24, 2.45) is 10.3 Å². The molecule has 12 nitrogen and oxygen atoms in total. The largest absolute Gasteiger partial charge is 0.463 e. The van der Waals surface area contributed by atoms with E-state index in [1.165, 1.54) is 55.6 Å². The number of para-hydroxylation sites is 2. The summed E-state index contributed by atoms with van der Waals surface area (Å²) in [4.78, 5) is 49.4. The predicted molar refractivity (Wildman–Crippen MR) is 115 cm³/mol. The van der Waals surface area contributed by atoms with Gasteiger partial charge in [-0.3, -0.25) is 30.6 Å². The summed E-state index contributed by atoms with van der Waals surface area (Å²) >= 11 is 0. The lowest BCUT2D eigenvalue weighted by atomic mass is 9.96. The zero-order valence-corrected chi connectivity index (χ0v) is 17.1. The molecule has 0 amide bonds. The average molecular weight is 441 g/mol. The van der Waals surface area contributed by atoms with Gasteiger partial charge in [0.25, 0.3) is 11.4 Å². The quantitative estimate of drug-likeness (QED) is 0.145. The fourth-order valence-electron chi connectivity index (χ4n) is 2.92. The molecule has 0 aliphatic rings. The van der Waals surface area contributed by atoms with Gasteiger partial charge in [0.05, 0.1) is 44.1 Å². The van der Waals surface area contributed by atoms with Crippen LogP contribution >= 0.6 is 0 Å². The Bertz CT molecular complexity index is 1100. The van der Waals surface area contributed by atoms with Crippen LogP contribution in [0.4, 0.5) is 11.4 Å². The summed E-state index contributed by atoms with van der Waals surface area (Å²) in [5.74, 6) is -0.885. The van der Waals surface area contributed by atoms with Gasteiger partial charge in [-0.1, -0.05) is 24.3 Å². The second-order valence-corrected chi connectivity index (χ2v) is 6.26. The number of nitro groups is 2. The molecule has 0 aromatic heterocycles. The first-order valence-corrected chi connectivity index (χ1v) is 9.28. The van der Waals surface area contributed by atoms with E-state index in [0.29, 0.717) is 0 Å². The van der Waals surface area contributed by atoms with Gasteiger partial charge in [0.2, 0.25) is 0 Å². The van der Waals surface area contributed by atoms with Crippen molar-refractivity contribution in [1.29, 1.82) is 0 Å². The van der Waals surface area contributed by atoms with E-state index in [1.54, 1.807) is 13.0 Å². The molecule has 0 saturated carbocycles. The third kappa shape index (κ3) is 5.56. The zero-order chi connectivity index (χ0) is 23.7.